The maximum atomic E-state index is 11.3. The molecule has 0 aliphatic carbocycles. The zero-order valence-electron chi connectivity index (χ0n) is 10.8. The molecule has 1 rings (SSSR count). The lowest BCUT2D eigenvalue weighted by Crippen LogP contribution is -2.29. The van der Waals surface area contributed by atoms with Crippen molar-refractivity contribution in [2.75, 3.05) is 27.0 Å². The highest BCUT2D eigenvalue weighted by molar-refractivity contribution is 7.90. The van der Waals surface area contributed by atoms with Crippen LogP contribution in [0.4, 0.5) is 0 Å². The van der Waals surface area contributed by atoms with E-state index in [-0.39, 0.29) is 6.29 Å². The van der Waals surface area contributed by atoms with E-state index in [4.69, 9.17) is 9.47 Å². The molecule has 0 atom stereocenters. The van der Waals surface area contributed by atoms with Gasteiger partial charge in [0.25, 0.3) is 0 Å². The smallest absolute Gasteiger partial charge is 0.175 e. The Bertz CT molecular complexity index is 451. The van der Waals surface area contributed by atoms with Crippen LogP contribution in [0.1, 0.15) is 5.56 Å². The number of methoxy groups -OCH3 is 2. The highest BCUT2D eigenvalue weighted by Gasteiger charge is 2.07. The summed E-state index contributed by atoms with van der Waals surface area (Å²) in [6.07, 6.45) is 0.919. The van der Waals surface area contributed by atoms with Crippen molar-refractivity contribution in [3.63, 3.8) is 0 Å². The van der Waals surface area contributed by atoms with Gasteiger partial charge in [0.05, 0.1) is 4.90 Å². The Labute approximate surface area is 108 Å². The van der Waals surface area contributed by atoms with Crippen LogP contribution in [-0.4, -0.2) is 41.7 Å². The normalized spacial score (nSPS) is 12.0. The molecule has 18 heavy (non-hydrogen) atoms. The molecule has 0 unspecified atom stereocenters. The molecule has 0 saturated carbocycles. The number of sulfone groups is 1. The van der Waals surface area contributed by atoms with E-state index in [1.54, 1.807) is 38.5 Å². The summed E-state index contributed by atoms with van der Waals surface area (Å²) in [5, 5.41) is 3.16. The third kappa shape index (κ3) is 4.73. The summed E-state index contributed by atoms with van der Waals surface area (Å²) in [5.41, 5.74) is 1.01. The summed E-state index contributed by atoms with van der Waals surface area (Å²) in [6.45, 7) is 1.20. The molecule has 1 N–H and O–H groups in total. The number of rotatable bonds is 7. The molecule has 102 valence electrons. The van der Waals surface area contributed by atoms with Gasteiger partial charge in [0.2, 0.25) is 0 Å². The van der Waals surface area contributed by atoms with Gasteiger partial charge in [-0.1, -0.05) is 12.1 Å². The summed E-state index contributed by atoms with van der Waals surface area (Å²) < 4.78 is 32.6. The predicted octanol–water partition coefficient (Wildman–Crippen LogP) is 0.799. The van der Waals surface area contributed by atoms with Crippen LogP contribution < -0.4 is 5.32 Å². The molecule has 1 aromatic rings. The molecule has 0 saturated heterocycles. The molecule has 0 aliphatic rings. The van der Waals surface area contributed by atoms with Crippen molar-refractivity contribution in [1.29, 1.82) is 0 Å². The summed E-state index contributed by atoms with van der Waals surface area (Å²) in [5.74, 6) is 0. The molecular weight excluding hydrogens is 254 g/mol. The van der Waals surface area contributed by atoms with E-state index in [9.17, 15) is 8.42 Å². The van der Waals surface area contributed by atoms with Crippen LogP contribution >= 0.6 is 0 Å². The summed E-state index contributed by atoms with van der Waals surface area (Å²) in [6, 6.07) is 6.79. The Morgan fingerprint density at radius 2 is 1.72 bits per heavy atom. The van der Waals surface area contributed by atoms with Crippen LogP contribution in [0.15, 0.2) is 29.2 Å². The van der Waals surface area contributed by atoms with Gasteiger partial charge >= 0.3 is 0 Å². The largest absolute Gasteiger partial charge is 0.355 e. The molecule has 0 radical (unpaired) electrons. The first-order valence-electron chi connectivity index (χ1n) is 5.52. The van der Waals surface area contributed by atoms with Crippen LogP contribution in [0.2, 0.25) is 0 Å². The zero-order chi connectivity index (χ0) is 13.6. The molecule has 0 fully saturated rings. The van der Waals surface area contributed by atoms with Gasteiger partial charge < -0.3 is 14.8 Å². The van der Waals surface area contributed by atoms with E-state index in [0.717, 1.165) is 5.56 Å². The molecule has 0 aromatic heterocycles. The molecule has 0 heterocycles. The minimum atomic E-state index is -3.12. The van der Waals surface area contributed by atoms with E-state index in [1.807, 2.05) is 0 Å². The Kier molecular flexibility index (Phi) is 5.74. The number of ether oxygens (including phenoxy) is 2. The van der Waals surface area contributed by atoms with Crippen molar-refractivity contribution >= 4 is 9.84 Å². The van der Waals surface area contributed by atoms with Crippen LogP contribution in [-0.2, 0) is 25.9 Å². The second-order valence-electron chi connectivity index (χ2n) is 3.95. The maximum absolute atomic E-state index is 11.3. The lowest BCUT2D eigenvalue weighted by molar-refractivity contribution is -0.0989. The van der Waals surface area contributed by atoms with Gasteiger partial charge in [0, 0.05) is 33.6 Å². The third-order valence-electron chi connectivity index (χ3n) is 2.52. The van der Waals surface area contributed by atoms with Crippen LogP contribution in [0.25, 0.3) is 0 Å². The monoisotopic (exact) mass is 273 g/mol. The fourth-order valence-electron chi connectivity index (χ4n) is 1.45. The van der Waals surface area contributed by atoms with Crippen molar-refractivity contribution in [3.8, 4) is 0 Å². The first-order chi connectivity index (χ1) is 8.47. The third-order valence-corrected chi connectivity index (χ3v) is 3.65. The first-order valence-corrected chi connectivity index (χ1v) is 7.42. The maximum Gasteiger partial charge on any atom is 0.175 e. The molecule has 1 aromatic carbocycles. The van der Waals surface area contributed by atoms with Crippen molar-refractivity contribution < 1.29 is 17.9 Å². The number of nitrogens with one attached hydrogen (secondary N) is 1. The Hall–Kier alpha value is -0.950. The Morgan fingerprint density at radius 3 is 2.17 bits per heavy atom. The summed E-state index contributed by atoms with van der Waals surface area (Å²) >= 11 is 0. The standard InChI is InChI=1S/C12H19NO4S/c1-16-12(17-2)9-13-8-10-4-6-11(7-5-10)18(3,14)15/h4-7,12-13H,8-9H2,1-3H3. The molecule has 0 amide bonds. The van der Waals surface area contributed by atoms with Gasteiger partial charge in [-0.25, -0.2) is 8.42 Å². The van der Waals surface area contributed by atoms with E-state index in [0.29, 0.717) is 18.0 Å². The highest BCUT2D eigenvalue weighted by atomic mass is 32.2. The average molecular weight is 273 g/mol. The van der Waals surface area contributed by atoms with Gasteiger partial charge in [0.1, 0.15) is 0 Å². The van der Waals surface area contributed by atoms with Crippen LogP contribution in [0.5, 0.6) is 0 Å². The lowest BCUT2D eigenvalue weighted by Gasteiger charge is -2.14. The molecule has 0 bridgehead atoms. The molecule has 0 aliphatic heterocycles. The SMILES string of the molecule is COC(CNCc1ccc(S(C)(=O)=O)cc1)OC. The van der Waals surface area contributed by atoms with Crippen LogP contribution in [0, 0.1) is 0 Å². The molecule has 6 heteroatoms. The van der Waals surface area contributed by atoms with Gasteiger partial charge in [-0.05, 0) is 17.7 Å². The Balaban J connectivity index is 2.50. The minimum absolute atomic E-state index is 0.278. The number of hydrogen-bond donors (Lipinski definition) is 1. The van der Waals surface area contributed by atoms with Gasteiger partial charge in [-0.3, -0.25) is 0 Å². The molecule has 0 spiro atoms. The second kappa shape index (κ2) is 6.84. The summed E-state index contributed by atoms with van der Waals surface area (Å²) in [7, 11) is 0.0384. The lowest BCUT2D eigenvalue weighted by atomic mass is 10.2. The van der Waals surface area contributed by atoms with E-state index >= 15 is 0 Å². The minimum Gasteiger partial charge on any atom is -0.355 e. The topological polar surface area (TPSA) is 64.6 Å². The Morgan fingerprint density at radius 1 is 1.17 bits per heavy atom. The van der Waals surface area contributed by atoms with Gasteiger partial charge in [0.15, 0.2) is 16.1 Å². The number of benzene rings is 1. The fourth-order valence-corrected chi connectivity index (χ4v) is 2.08. The zero-order valence-corrected chi connectivity index (χ0v) is 11.7. The van der Waals surface area contributed by atoms with E-state index < -0.39 is 9.84 Å². The van der Waals surface area contributed by atoms with Crippen molar-refractivity contribution in [3.05, 3.63) is 29.8 Å². The van der Waals surface area contributed by atoms with E-state index in [2.05, 4.69) is 5.32 Å². The van der Waals surface area contributed by atoms with Crippen molar-refractivity contribution in [2.45, 2.75) is 17.7 Å². The second-order valence-corrected chi connectivity index (χ2v) is 5.96. The quantitative estimate of drug-likeness (QED) is 0.744. The predicted molar refractivity (Wildman–Crippen MR) is 69.1 cm³/mol. The van der Waals surface area contributed by atoms with Gasteiger partial charge in [-0.2, -0.15) is 0 Å². The fraction of sp³-hybridized carbons (Fsp3) is 0.500. The van der Waals surface area contributed by atoms with Crippen molar-refractivity contribution in [1.82, 2.24) is 5.32 Å². The average Bonchev–Trinajstić information content (AvgIpc) is 2.34. The first kappa shape index (κ1) is 15.1. The van der Waals surface area contributed by atoms with Crippen molar-refractivity contribution in [2.24, 2.45) is 0 Å². The highest BCUT2D eigenvalue weighted by Crippen LogP contribution is 2.10. The number of hydrogen-bond acceptors (Lipinski definition) is 5. The van der Waals surface area contributed by atoms with E-state index in [1.165, 1.54) is 6.26 Å². The van der Waals surface area contributed by atoms with Crippen LogP contribution in [0.3, 0.4) is 0 Å². The van der Waals surface area contributed by atoms with Gasteiger partial charge in [-0.15, -0.1) is 0 Å². The molecule has 5 nitrogen and oxygen atoms in total. The summed E-state index contributed by atoms with van der Waals surface area (Å²) in [4.78, 5) is 0.331. The molecular formula is C12H19NO4S.